The molecular formula is C12H18F2N2O. The second kappa shape index (κ2) is 7.19. The minimum Gasteiger partial charge on any atom is -0.435 e. The van der Waals surface area contributed by atoms with E-state index in [2.05, 4.69) is 10.1 Å². The maximum absolute atomic E-state index is 12.1. The number of alkyl halides is 2. The maximum Gasteiger partial charge on any atom is 0.387 e. The Hall–Kier alpha value is -1.20. The van der Waals surface area contributed by atoms with E-state index >= 15 is 0 Å². The van der Waals surface area contributed by atoms with Gasteiger partial charge in [-0.3, -0.25) is 0 Å². The summed E-state index contributed by atoms with van der Waals surface area (Å²) in [6.45, 7) is 0.620. The Morgan fingerprint density at radius 1 is 1.41 bits per heavy atom. The standard InChI is InChI=1S/C12H18F2N2O/c1-9(16-7-3-6-15)10-4-2-5-11(8-10)17-12(13)14/h2,4-5,8-9,12,16H,3,6-7,15H2,1H3. The summed E-state index contributed by atoms with van der Waals surface area (Å²) in [5, 5.41) is 3.26. The van der Waals surface area contributed by atoms with Gasteiger partial charge in [0.05, 0.1) is 0 Å². The minimum atomic E-state index is -2.79. The zero-order chi connectivity index (χ0) is 12.7. The van der Waals surface area contributed by atoms with Crippen LogP contribution in [0.2, 0.25) is 0 Å². The molecule has 1 rings (SSSR count). The van der Waals surface area contributed by atoms with Crippen LogP contribution in [0.5, 0.6) is 5.75 Å². The van der Waals surface area contributed by atoms with Crippen molar-refractivity contribution in [2.75, 3.05) is 13.1 Å². The SMILES string of the molecule is CC(NCCCN)c1cccc(OC(F)F)c1. The van der Waals surface area contributed by atoms with Crippen molar-refractivity contribution in [3.05, 3.63) is 29.8 Å². The van der Waals surface area contributed by atoms with Gasteiger partial charge >= 0.3 is 6.61 Å². The van der Waals surface area contributed by atoms with Crippen molar-refractivity contribution < 1.29 is 13.5 Å². The summed E-state index contributed by atoms with van der Waals surface area (Å²) in [6.07, 6.45) is 0.886. The van der Waals surface area contributed by atoms with Crippen molar-refractivity contribution in [2.45, 2.75) is 26.0 Å². The fourth-order valence-electron chi connectivity index (χ4n) is 1.50. The number of ether oxygens (including phenoxy) is 1. The highest BCUT2D eigenvalue weighted by molar-refractivity contribution is 5.30. The molecule has 0 spiro atoms. The molecule has 17 heavy (non-hydrogen) atoms. The number of hydrogen-bond acceptors (Lipinski definition) is 3. The van der Waals surface area contributed by atoms with Crippen LogP contribution in [0.3, 0.4) is 0 Å². The first-order valence-electron chi connectivity index (χ1n) is 5.61. The van der Waals surface area contributed by atoms with Gasteiger partial charge in [0.1, 0.15) is 5.75 Å². The molecule has 3 N–H and O–H groups in total. The van der Waals surface area contributed by atoms with Gasteiger partial charge in [-0.25, -0.2) is 0 Å². The average molecular weight is 244 g/mol. The highest BCUT2D eigenvalue weighted by atomic mass is 19.3. The van der Waals surface area contributed by atoms with Crippen molar-refractivity contribution in [2.24, 2.45) is 5.73 Å². The van der Waals surface area contributed by atoms with Crippen LogP contribution in [-0.4, -0.2) is 19.7 Å². The first kappa shape index (κ1) is 13.9. The van der Waals surface area contributed by atoms with Crippen LogP contribution in [0, 0.1) is 0 Å². The van der Waals surface area contributed by atoms with Crippen molar-refractivity contribution in [3.63, 3.8) is 0 Å². The second-order valence-electron chi connectivity index (χ2n) is 3.77. The lowest BCUT2D eigenvalue weighted by molar-refractivity contribution is -0.0499. The molecular weight excluding hydrogens is 226 g/mol. The molecule has 3 nitrogen and oxygen atoms in total. The van der Waals surface area contributed by atoms with Gasteiger partial charge in [-0.05, 0) is 44.1 Å². The molecule has 1 unspecified atom stereocenters. The van der Waals surface area contributed by atoms with E-state index in [1.807, 2.05) is 13.0 Å². The summed E-state index contributed by atoms with van der Waals surface area (Å²) >= 11 is 0. The maximum atomic E-state index is 12.1. The quantitative estimate of drug-likeness (QED) is 0.723. The Morgan fingerprint density at radius 2 is 2.18 bits per heavy atom. The second-order valence-corrected chi connectivity index (χ2v) is 3.77. The Balaban J connectivity index is 2.57. The lowest BCUT2D eigenvalue weighted by atomic mass is 10.1. The molecule has 96 valence electrons. The van der Waals surface area contributed by atoms with E-state index < -0.39 is 6.61 Å². The molecule has 0 aliphatic heterocycles. The molecule has 5 heteroatoms. The molecule has 0 saturated heterocycles. The van der Waals surface area contributed by atoms with E-state index in [1.165, 1.54) is 6.07 Å². The Morgan fingerprint density at radius 3 is 2.82 bits per heavy atom. The molecule has 0 bridgehead atoms. The highest BCUT2D eigenvalue weighted by Crippen LogP contribution is 2.20. The monoisotopic (exact) mass is 244 g/mol. The van der Waals surface area contributed by atoms with Gasteiger partial charge in [-0.15, -0.1) is 0 Å². The van der Waals surface area contributed by atoms with Crippen LogP contribution in [-0.2, 0) is 0 Å². The molecule has 0 aliphatic rings. The van der Waals surface area contributed by atoms with Crippen molar-refractivity contribution in [1.29, 1.82) is 0 Å². The van der Waals surface area contributed by atoms with Crippen LogP contribution in [0.4, 0.5) is 8.78 Å². The number of benzene rings is 1. The fourth-order valence-corrected chi connectivity index (χ4v) is 1.50. The lowest BCUT2D eigenvalue weighted by Crippen LogP contribution is -2.21. The zero-order valence-corrected chi connectivity index (χ0v) is 9.83. The first-order chi connectivity index (χ1) is 8.13. The molecule has 0 fully saturated rings. The lowest BCUT2D eigenvalue weighted by Gasteiger charge is -2.15. The number of halogens is 2. The van der Waals surface area contributed by atoms with Gasteiger partial charge in [0, 0.05) is 6.04 Å². The molecule has 0 aromatic heterocycles. The number of hydrogen-bond donors (Lipinski definition) is 2. The third kappa shape index (κ3) is 5.10. The molecule has 1 aromatic rings. The predicted octanol–water partition coefficient (Wildman–Crippen LogP) is 2.29. The third-order valence-corrected chi connectivity index (χ3v) is 2.41. The summed E-state index contributed by atoms with van der Waals surface area (Å²) in [7, 11) is 0. The van der Waals surface area contributed by atoms with Crippen molar-refractivity contribution in [3.8, 4) is 5.75 Å². The number of nitrogens with two attached hydrogens (primary N) is 1. The van der Waals surface area contributed by atoms with Crippen LogP contribution in [0.15, 0.2) is 24.3 Å². The largest absolute Gasteiger partial charge is 0.435 e. The summed E-state index contributed by atoms with van der Waals surface area (Å²) < 4.78 is 28.4. The van der Waals surface area contributed by atoms with E-state index in [4.69, 9.17) is 5.73 Å². The van der Waals surface area contributed by atoms with E-state index in [9.17, 15) is 8.78 Å². The van der Waals surface area contributed by atoms with Crippen LogP contribution < -0.4 is 15.8 Å². The fraction of sp³-hybridized carbons (Fsp3) is 0.500. The molecule has 0 saturated carbocycles. The normalized spacial score (nSPS) is 12.8. The number of nitrogens with one attached hydrogen (secondary N) is 1. The van der Waals surface area contributed by atoms with Crippen LogP contribution in [0.1, 0.15) is 24.9 Å². The predicted molar refractivity (Wildman–Crippen MR) is 63.2 cm³/mol. The highest BCUT2D eigenvalue weighted by Gasteiger charge is 2.08. The Labute approximate surface area is 100.0 Å². The molecule has 1 atom stereocenters. The summed E-state index contributed by atoms with van der Waals surface area (Å²) in [5.41, 5.74) is 6.31. The van der Waals surface area contributed by atoms with E-state index in [-0.39, 0.29) is 11.8 Å². The van der Waals surface area contributed by atoms with Gasteiger partial charge in [0.25, 0.3) is 0 Å². The van der Waals surface area contributed by atoms with Gasteiger partial charge < -0.3 is 15.8 Å². The topological polar surface area (TPSA) is 47.3 Å². The van der Waals surface area contributed by atoms with Crippen molar-refractivity contribution >= 4 is 0 Å². The molecule has 1 aromatic carbocycles. The molecule has 0 radical (unpaired) electrons. The first-order valence-corrected chi connectivity index (χ1v) is 5.61. The van der Waals surface area contributed by atoms with Gasteiger partial charge in [-0.2, -0.15) is 8.78 Å². The van der Waals surface area contributed by atoms with E-state index in [0.717, 1.165) is 18.5 Å². The summed E-state index contributed by atoms with van der Waals surface area (Å²) in [4.78, 5) is 0. The molecule has 0 amide bonds. The number of rotatable bonds is 7. The third-order valence-electron chi connectivity index (χ3n) is 2.41. The van der Waals surface area contributed by atoms with E-state index in [1.54, 1.807) is 12.1 Å². The smallest absolute Gasteiger partial charge is 0.387 e. The van der Waals surface area contributed by atoms with Crippen LogP contribution >= 0.6 is 0 Å². The van der Waals surface area contributed by atoms with Gasteiger partial charge in [0.2, 0.25) is 0 Å². The van der Waals surface area contributed by atoms with Crippen LogP contribution in [0.25, 0.3) is 0 Å². The summed E-state index contributed by atoms with van der Waals surface area (Å²) in [6, 6.07) is 6.80. The minimum absolute atomic E-state index is 0.0859. The van der Waals surface area contributed by atoms with Gasteiger partial charge in [0.15, 0.2) is 0 Å². The Bertz CT molecular complexity index is 334. The molecule has 0 aliphatic carbocycles. The van der Waals surface area contributed by atoms with E-state index in [0.29, 0.717) is 6.54 Å². The molecule has 0 heterocycles. The average Bonchev–Trinajstić information content (AvgIpc) is 2.28. The van der Waals surface area contributed by atoms with Gasteiger partial charge in [-0.1, -0.05) is 12.1 Å². The zero-order valence-electron chi connectivity index (χ0n) is 9.83. The summed E-state index contributed by atoms with van der Waals surface area (Å²) in [5.74, 6) is 0.185. The van der Waals surface area contributed by atoms with Crippen molar-refractivity contribution in [1.82, 2.24) is 5.32 Å². The Kier molecular flexibility index (Phi) is 5.86.